The molecule has 1 heterocycles. The van der Waals surface area contributed by atoms with Gasteiger partial charge in [-0.2, -0.15) is 0 Å². The molecule has 21 heavy (non-hydrogen) atoms. The molecule has 1 aliphatic heterocycles. The van der Waals surface area contributed by atoms with Crippen LogP contribution in [0, 0.1) is 0 Å². The lowest BCUT2D eigenvalue weighted by atomic mass is 9.78. The van der Waals surface area contributed by atoms with Crippen LogP contribution in [-0.4, -0.2) is 47.6 Å². The van der Waals surface area contributed by atoms with Gasteiger partial charge in [-0.25, -0.2) is 0 Å². The second-order valence-electron chi connectivity index (χ2n) is 6.88. The van der Waals surface area contributed by atoms with Gasteiger partial charge in [-0.15, -0.1) is 0 Å². The molecule has 5 heteroatoms. The van der Waals surface area contributed by atoms with Gasteiger partial charge in [0.05, 0.1) is 12.1 Å². The third-order valence-electron chi connectivity index (χ3n) is 5.71. The highest BCUT2D eigenvalue weighted by Crippen LogP contribution is 2.40. The first-order valence-electron chi connectivity index (χ1n) is 8.24. The summed E-state index contributed by atoms with van der Waals surface area (Å²) in [4.78, 5) is 27.4. The van der Waals surface area contributed by atoms with Crippen LogP contribution < -0.4 is 5.32 Å². The molecule has 1 atom stereocenters. The van der Waals surface area contributed by atoms with Crippen molar-refractivity contribution in [3.05, 3.63) is 0 Å². The van der Waals surface area contributed by atoms with Crippen molar-refractivity contribution < 1.29 is 14.3 Å². The highest BCUT2D eigenvalue weighted by atomic mass is 16.5. The van der Waals surface area contributed by atoms with Crippen molar-refractivity contribution in [1.82, 2.24) is 10.2 Å². The lowest BCUT2D eigenvalue weighted by Crippen LogP contribution is -2.71. The minimum absolute atomic E-state index is 0.0181. The summed E-state index contributed by atoms with van der Waals surface area (Å²) >= 11 is 0. The van der Waals surface area contributed by atoms with Gasteiger partial charge in [0.15, 0.2) is 0 Å². The van der Waals surface area contributed by atoms with E-state index >= 15 is 0 Å². The first-order chi connectivity index (χ1) is 10.1. The molecule has 0 aromatic rings. The summed E-state index contributed by atoms with van der Waals surface area (Å²) in [5.41, 5.74) is -0.845. The Hall–Kier alpha value is -1.10. The number of ether oxygens (including phenoxy) is 1. The largest absolute Gasteiger partial charge is 0.376 e. The summed E-state index contributed by atoms with van der Waals surface area (Å²) in [5, 5.41) is 3.04. The van der Waals surface area contributed by atoms with E-state index in [4.69, 9.17) is 4.74 Å². The lowest BCUT2D eigenvalue weighted by Gasteiger charge is -2.50. The number of carbonyl (C=O) groups is 2. The molecule has 3 aliphatic rings. The Kier molecular flexibility index (Phi) is 3.72. The van der Waals surface area contributed by atoms with E-state index in [2.05, 4.69) is 5.32 Å². The SMILES string of the molecule is CCC1C(=O)NC2(CCCC2)C(=O)N1CC1(OC)CCC1. The predicted molar refractivity (Wildman–Crippen MR) is 78.7 cm³/mol. The molecule has 1 N–H and O–H groups in total. The van der Waals surface area contributed by atoms with E-state index in [1.54, 1.807) is 7.11 Å². The average molecular weight is 294 g/mol. The minimum atomic E-state index is -0.624. The van der Waals surface area contributed by atoms with Crippen molar-refractivity contribution in [2.75, 3.05) is 13.7 Å². The standard InChI is InChI=1S/C16H26N2O3/c1-3-12-13(19)17-16(9-4-5-10-16)14(20)18(12)11-15(21-2)7-6-8-15/h12H,3-11H2,1-2H3,(H,17,19). The van der Waals surface area contributed by atoms with Crippen molar-refractivity contribution >= 4 is 11.8 Å². The van der Waals surface area contributed by atoms with Gasteiger partial charge >= 0.3 is 0 Å². The maximum Gasteiger partial charge on any atom is 0.249 e. The molecule has 1 unspecified atom stereocenters. The maximum absolute atomic E-state index is 13.1. The first-order valence-corrected chi connectivity index (χ1v) is 8.24. The molecule has 0 radical (unpaired) electrons. The van der Waals surface area contributed by atoms with E-state index in [0.29, 0.717) is 13.0 Å². The van der Waals surface area contributed by atoms with Gasteiger partial charge in [0, 0.05) is 7.11 Å². The van der Waals surface area contributed by atoms with Crippen LogP contribution in [-0.2, 0) is 14.3 Å². The summed E-state index contributed by atoms with van der Waals surface area (Å²) in [5.74, 6) is 0.138. The molecular formula is C16H26N2O3. The number of nitrogens with one attached hydrogen (secondary N) is 1. The second kappa shape index (κ2) is 5.27. The normalized spacial score (nSPS) is 30.4. The van der Waals surface area contributed by atoms with Gasteiger partial charge in [0.25, 0.3) is 0 Å². The van der Waals surface area contributed by atoms with Crippen molar-refractivity contribution in [3.8, 4) is 0 Å². The zero-order chi connectivity index (χ0) is 15.1. The fourth-order valence-electron chi connectivity index (χ4n) is 4.14. The predicted octanol–water partition coefficient (Wildman–Crippen LogP) is 1.61. The van der Waals surface area contributed by atoms with Gasteiger partial charge in [0.2, 0.25) is 11.8 Å². The molecule has 2 aliphatic carbocycles. The van der Waals surface area contributed by atoms with Gasteiger partial charge in [-0.3, -0.25) is 9.59 Å². The Balaban J connectivity index is 1.86. The van der Waals surface area contributed by atoms with Crippen LogP contribution in [0.5, 0.6) is 0 Å². The van der Waals surface area contributed by atoms with Crippen LogP contribution in [0.1, 0.15) is 58.3 Å². The number of carbonyl (C=O) groups excluding carboxylic acids is 2. The Morgan fingerprint density at radius 3 is 2.33 bits per heavy atom. The fourth-order valence-corrected chi connectivity index (χ4v) is 4.14. The Morgan fingerprint density at radius 2 is 1.86 bits per heavy atom. The third kappa shape index (κ3) is 2.26. The number of amides is 2. The summed E-state index contributed by atoms with van der Waals surface area (Å²) in [6, 6.07) is -0.337. The van der Waals surface area contributed by atoms with Crippen LogP contribution in [0.15, 0.2) is 0 Å². The molecule has 5 nitrogen and oxygen atoms in total. The summed E-state index contributed by atoms with van der Waals surface area (Å²) in [6.45, 7) is 2.54. The monoisotopic (exact) mass is 294 g/mol. The number of methoxy groups -OCH3 is 1. The van der Waals surface area contributed by atoms with Gasteiger partial charge in [0.1, 0.15) is 11.6 Å². The van der Waals surface area contributed by atoms with Crippen LogP contribution in [0.3, 0.4) is 0 Å². The third-order valence-corrected chi connectivity index (χ3v) is 5.71. The highest BCUT2D eigenvalue weighted by Gasteiger charge is 2.53. The van der Waals surface area contributed by atoms with E-state index in [-0.39, 0.29) is 23.5 Å². The van der Waals surface area contributed by atoms with Crippen molar-refractivity contribution in [2.24, 2.45) is 0 Å². The van der Waals surface area contributed by atoms with Gasteiger partial charge in [-0.05, 0) is 38.5 Å². The van der Waals surface area contributed by atoms with E-state index in [1.165, 1.54) is 0 Å². The van der Waals surface area contributed by atoms with E-state index < -0.39 is 5.54 Å². The van der Waals surface area contributed by atoms with Crippen LogP contribution >= 0.6 is 0 Å². The smallest absolute Gasteiger partial charge is 0.249 e. The van der Waals surface area contributed by atoms with Gasteiger partial charge in [-0.1, -0.05) is 19.8 Å². The number of nitrogens with zero attached hydrogens (tertiary/aromatic N) is 1. The summed E-state index contributed by atoms with van der Waals surface area (Å²) in [6.07, 6.45) is 7.38. The summed E-state index contributed by atoms with van der Waals surface area (Å²) < 4.78 is 5.68. The minimum Gasteiger partial charge on any atom is -0.376 e. The van der Waals surface area contributed by atoms with Crippen LogP contribution in [0.25, 0.3) is 0 Å². The molecule has 118 valence electrons. The van der Waals surface area contributed by atoms with Crippen LogP contribution in [0.4, 0.5) is 0 Å². The Bertz CT molecular complexity index is 433. The Morgan fingerprint density at radius 1 is 1.19 bits per heavy atom. The van der Waals surface area contributed by atoms with Crippen molar-refractivity contribution in [2.45, 2.75) is 75.5 Å². The number of hydrogen-bond donors (Lipinski definition) is 1. The molecule has 3 rings (SSSR count). The summed E-state index contributed by atoms with van der Waals surface area (Å²) in [7, 11) is 1.72. The number of hydrogen-bond acceptors (Lipinski definition) is 3. The molecule has 3 fully saturated rings. The first kappa shape index (κ1) is 14.8. The number of rotatable bonds is 4. The van der Waals surface area contributed by atoms with Gasteiger partial charge < -0.3 is 15.0 Å². The molecule has 2 saturated carbocycles. The van der Waals surface area contributed by atoms with Crippen molar-refractivity contribution in [1.29, 1.82) is 0 Å². The quantitative estimate of drug-likeness (QED) is 0.857. The van der Waals surface area contributed by atoms with Crippen LogP contribution in [0.2, 0.25) is 0 Å². The fraction of sp³-hybridized carbons (Fsp3) is 0.875. The molecule has 2 amide bonds. The maximum atomic E-state index is 13.1. The second-order valence-corrected chi connectivity index (χ2v) is 6.88. The molecule has 0 aromatic carbocycles. The van der Waals surface area contributed by atoms with Crippen molar-refractivity contribution in [3.63, 3.8) is 0 Å². The molecule has 1 saturated heterocycles. The highest BCUT2D eigenvalue weighted by molar-refractivity contribution is 6.00. The average Bonchev–Trinajstić information content (AvgIpc) is 2.89. The van der Waals surface area contributed by atoms with E-state index in [9.17, 15) is 9.59 Å². The number of piperazine rings is 1. The van der Waals surface area contributed by atoms with E-state index in [0.717, 1.165) is 44.9 Å². The molecule has 0 aromatic heterocycles. The Labute approximate surface area is 126 Å². The van der Waals surface area contributed by atoms with E-state index in [1.807, 2.05) is 11.8 Å². The topological polar surface area (TPSA) is 58.6 Å². The molecular weight excluding hydrogens is 268 g/mol. The zero-order valence-electron chi connectivity index (χ0n) is 13.1. The zero-order valence-corrected chi connectivity index (χ0v) is 13.1. The molecule has 0 bridgehead atoms. The lowest BCUT2D eigenvalue weighted by molar-refractivity contribution is -0.164. The molecule has 1 spiro atoms.